The van der Waals surface area contributed by atoms with Gasteiger partial charge >= 0.3 is 0 Å². The smallest absolute Gasteiger partial charge is 0.258 e. The van der Waals surface area contributed by atoms with Crippen LogP contribution in [-0.2, 0) is 6.54 Å². The molecule has 0 N–H and O–H groups in total. The lowest BCUT2D eigenvalue weighted by atomic mass is 10.1. The Morgan fingerprint density at radius 3 is 2.73 bits per heavy atom. The van der Waals surface area contributed by atoms with E-state index in [1.54, 1.807) is 4.90 Å². The third kappa shape index (κ3) is 2.44. The standard InChI is InChI=1S/C21H13BrN2O2/c22-15-6-3-5-13(10-15)20-23-18-9-8-16(11-19(18)26-20)24-12-14-4-1-2-7-17(14)21(24)25/h1-11H,12H2. The van der Waals surface area contributed by atoms with E-state index in [0.717, 1.165) is 32.4 Å². The number of carbonyl (C=O) groups excluding carboxylic acids is 1. The van der Waals surface area contributed by atoms with E-state index in [1.807, 2.05) is 66.7 Å². The van der Waals surface area contributed by atoms with Crippen molar-refractivity contribution in [2.24, 2.45) is 0 Å². The van der Waals surface area contributed by atoms with Gasteiger partial charge in [-0.3, -0.25) is 4.79 Å². The zero-order chi connectivity index (χ0) is 17.7. The Morgan fingerprint density at radius 1 is 1.00 bits per heavy atom. The molecule has 126 valence electrons. The second-order valence-electron chi connectivity index (χ2n) is 6.23. The molecular formula is C21H13BrN2O2. The monoisotopic (exact) mass is 404 g/mol. The minimum absolute atomic E-state index is 0.0201. The van der Waals surface area contributed by atoms with Crippen LogP contribution in [0.15, 0.2) is 75.6 Å². The SMILES string of the molecule is O=C1c2ccccc2CN1c1ccc2nc(-c3cccc(Br)c3)oc2c1. The van der Waals surface area contributed by atoms with Gasteiger partial charge in [0.05, 0.1) is 6.54 Å². The van der Waals surface area contributed by atoms with Gasteiger partial charge in [0, 0.05) is 27.4 Å². The van der Waals surface area contributed by atoms with Crippen molar-refractivity contribution in [2.75, 3.05) is 4.90 Å². The molecular weight excluding hydrogens is 392 g/mol. The number of aromatic nitrogens is 1. The fourth-order valence-corrected chi connectivity index (χ4v) is 3.69. The molecule has 3 aromatic carbocycles. The predicted molar refractivity (Wildman–Crippen MR) is 104 cm³/mol. The molecule has 0 radical (unpaired) electrons. The van der Waals surface area contributed by atoms with E-state index in [9.17, 15) is 4.79 Å². The van der Waals surface area contributed by atoms with Crippen molar-refractivity contribution in [1.82, 2.24) is 4.98 Å². The van der Waals surface area contributed by atoms with E-state index >= 15 is 0 Å². The van der Waals surface area contributed by atoms with Crippen LogP contribution in [0.1, 0.15) is 15.9 Å². The molecule has 0 unspecified atom stereocenters. The first-order valence-electron chi connectivity index (χ1n) is 8.25. The number of rotatable bonds is 2. The average molecular weight is 405 g/mol. The Bertz CT molecular complexity index is 1170. The molecule has 0 atom stereocenters. The molecule has 0 fully saturated rings. The largest absolute Gasteiger partial charge is 0.436 e. The van der Waals surface area contributed by atoms with Crippen LogP contribution >= 0.6 is 15.9 Å². The number of amides is 1. The molecule has 0 bridgehead atoms. The molecule has 0 saturated heterocycles. The fourth-order valence-electron chi connectivity index (χ4n) is 3.29. The first-order chi connectivity index (χ1) is 12.7. The minimum atomic E-state index is 0.0201. The Kier molecular flexibility index (Phi) is 3.43. The highest BCUT2D eigenvalue weighted by atomic mass is 79.9. The van der Waals surface area contributed by atoms with Crippen molar-refractivity contribution in [2.45, 2.75) is 6.54 Å². The highest BCUT2D eigenvalue weighted by molar-refractivity contribution is 9.10. The normalized spacial score (nSPS) is 13.4. The van der Waals surface area contributed by atoms with Gasteiger partial charge in [0.2, 0.25) is 5.89 Å². The lowest BCUT2D eigenvalue weighted by Crippen LogP contribution is -2.22. The van der Waals surface area contributed by atoms with Crippen LogP contribution in [0.4, 0.5) is 5.69 Å². The summed E-state index contributed by atoms with van der Waals surface area (Å²) < 4.78 is 6.92. The van der Waals surface area contributed by atoms with Crippen molar-refractivity contribution in [3.63, 3.8) is 0 Å². The van der Waals surface area contributed by atoms with Gasteiger partial charge in [-0.25, -0.2) is 4.98 Å². The maximum atomic E-state index is 12.7. The Labute approximate surface area is 158 Å². The number of nitrogens with zero attached hydrogens (tertiary/aromatic N) is 2. The van der Waals surface area contributed by atoms with Gasteiger partial charge in [0.25, 0.3) is 5.91 Å². The Balaban J connectivity index is 1.54. The summed E-state index contributed by atoms with van der Waals surface area (Å²) in [6, 6.07) is 21.2. The number of hydrogen-bond acceptors (Lipinski definition) is 3. The van der Waals surface area contributed by atoms with Crippen molar-refractivity contribution in [1.29, 1.82) is 0 Å². The second kappa shape index (κ2) is 5.81. The summed E-state index contributed by atoms with van der Waals surface area (Å²) in [7, 11) is 0. The van der Waals surface area contributed by atoms with E-state index in [-0.39, 0.29) is 5.91 Å². The molecule has 4 aromatic rings. The van der Waals surface area contributed by atoms with Crippen molar-refractivity contribution in [3.05, 3.63) is 82.3 Å². The van der Waals surface area contributed by atoms with E-state index < -0.39 is 0 Å². The summed E-state index contributed by atoms with van der Waals surface area (Å²) in [5, 5.41) is 0. The summed E-state index contributed by atoms with van der Waals surface area (Å²) in [5.41, 5.74) is 4.97. The first-order valence-corrected chi connectivity index (χ1v) is 9.05. The first kappa shape index (κ1) is 15.3. The highest BCUT2D eigenvalue weighted by Crippen LogP contribution is 2.32. The maximum Gasteiger partial charge on any atom is 0.258 e. The predicted octanol–water partition coefficient (Wildman–Crippen LogP) is 5.42. The Morgan fingerprint density at radius 2 is 1.88 bits per heavy atom. The van der Waals surface area contributed by atoms with Crippen molar-refractivity contribution >= 4 is 38.6 Å². The van der Waals surface area contributed by atoms with Gasteiger partial charge in [-0.15, -0.1) is 0 Å². The third-order valence-electron chi connectivity index (χ3n) is 4.58. The molecule has 5 heteroatoms. The van der Waals surface area contributed by atoms with Crippen LogP contribution in [0.2, 0.25) is 0 Å². The number of benzene rings is 3. The van der Waals surface area contributed by atoms with Gasteiger partial charge in [-0.05, 0) is 42.0 Å². The molecule has 0 aliphatic carbocycles. The summed E-state index contributed by atoms with van der Waals surface area (Å²) in [4.78, 5) is 19.0. The second-order valence-corrected chi connectivity index (χ2v) is 7.15. The average Bonchev–Trinajstić information content (AvgIpc) is 3.23. The van der Waals surface area contributed by atoms with Crippen molar-refractivity contribution < 1.29 is 9.21 Å². The topological polar surface area (TPSA) is 46.3 Å². The zero-order valence-corrected chi connectivity index (χ0v) is 15.2. The summed E-state index contributed by atoms with van der Waals surface area (Å²) in [6.45, 7) is 0.577. The summed E-state index contributed by atoms with van der Waals surface area (Å²) >= 11 is 3.47. The molecule has 26 heavy (non-hydrogen) atoms. The zero-order valence-electron chi connectivity index (χ0n) is 13.6. The van der Waals surface area contributed by atoms with Gasteiger partial charge in [0.1, 0.15) is 5.52 Å². The lowest BCUT2D eigenvalue weighted by Gasteiger charge is -2.15. The molecule has 5 rings (SSSR count). The van der Waals surface area contributed by atoms with Crippen molar-refractivity contribution in [3.8, 4) is 11.5 Å². The number of oxazole rings is 1. The summed E-state index contributed by atoms with van der Waals surface area (Å²) in [6.07, 6.45) is 0. The van der Waals surface area contributed by atoms with Gasteiger partial charge in [-0.2, -0.15) is 0 Å². The third-order valence-corrected chi connectivity index (χ3v) is 5.07. The number of fused-ring (bicyclic) bond motifs is 2. The number of hydrogen-bond donors (Lipinski definition) is 0. The molecule has 0 saturated carbocycles. The van der Waals surface area contributed by atoms with Gasteiger partial charge in [0.15, 0.2) is 5.58 Å². The Hall–Kier alpha value is -2.92. The lowest BCUT2D eigenvalue weighted by molar-refractivity contribution is 0.0996. The number of carbonyl (C=O) groups is 1. The molecule has 4 nitrogen and oxygen atoms in total. The van der Waals surface area contributed by atoms with Gasteiger partial charge in [-0.1, -0.05) is 40.2 Å². The van der Waals surface area contributed by atoms with E-state index in [4.69, 9.17) is 4.42 Å². The molecule has 1 amide bonds. The van der Waals surface area contributed by atoms with Crippen LogP contribution in [-0.4, -0.2) is 10.9 Å². The van der Waals surface area contributed by atoms with Crippen LogP contribution in [0, 0.1) is 0 Å². The summed E-state index contributed by atoms with van der Waals surface area (Å²) in [5.74, 6) is 0.584. The van der Waals surface area contributed by atoms with Crippen LogP contribution in [0.5, 0.6) is 0 Å². The van der Waals surface area contributed by atoms with E-state index in [1.165, 1.54) is 0 Å². The van der Waals surface area contributed by atoms with E-state index in [0.29, 0.717) is 18.0 Å². The highest BCUT2D eigenvalue weighted by Gasteiger charge is 2.28. The molecule has 1 aliphatic rings. The molecule has 1 aromatic heterocycles. The molecule has 1 aliphatic heterocycles. The molecule has 2 heterocycles. The molecule has 0 spiro atoms. The maximum absolute atomic E-state index is 12.7. The minimum Gasteiger partial charge on any atom is -0.436 e. The van der Waals surface area contributed by atoms with E-state index in [2.05, 4.69) is 20.9 Å². The van der Waals surface area contributed by atoms with Gasteiger partial charge < -0.3 is 9.32 Å². The fraction of sp³-hybridized carbons (Fsp3) is 0.0476. The van der Waals surface area contributed by atoms with Crippen LogP contribution < -0.4 is 4.90 Å². The van der Waals surface area contributed by atoms with Crippen LogP contribution in [0.25, 0.3) is 22.6 Å². The quantitative estimate of drug-likeness (QED) is 0.448. The number of anilines is 1. The number of halogens is 1. The van der Waals surface area contributed by atoms with Crippen LogP contribution in [0.3, 0.4) is 0 Å².